The van der Waals surface area contributed by atoms with E-state index in [1.165, 1.54) is 34.2 Å². The monoisotopic (exact) mass is 601 g/mol. The summed E-state index contributed by atoms with van der Waals surface area (Å²) in [6, 6.07) is 30.0. The van der Waals surface area contributed by atoms with Gasteiger partial charge in [-0.3, -0.25) is 14.4 Å². The van der Waals surface area contributed by atoms with Gasteiger partial charge in [0, 0.05) is 34.7 Å². The van der Waals surface area contributed by atoms with Crippen molar-refractivity contribution in [2.24, 2.45) is 5.92 Å². The molecule has 0 spiro atoms. The quantitative estimate of drug-likeness (QED) is 0.144. The third-order valence-corrected chi connectivity index (χ3v) is 8.04. The number of carbonyl (C=O) groups is 3. The van der Waals surface area contributed by atoms with Crippen molar-refractivity contribution in [3.05, 3.63) is 124 Å². The van der Waals surface area contributed by atoms with Gasteiger partial charge in [0.05, 0.1) is 10.9 Å². The molecule has 1 saturated heterocycles. The maximum atomic E-state index is 12.7. The van der Waals surface area contributed by atoms with Crippen molar-refractivity contribution in [3.63, 3.8) is 0 Å². The zero-order valence-corrected chi connectivity index (χ0v) is 24.7. The predicted octanol–water partition coefficient (Wildman–Crippen LogP) is 7.89. The molecule has 1 atom stereocenters. The van der Waals surface area contributed by atoms with E-state index in [-0.39, 0.29) is 34.9 Å². The first-order valence-corrected chi connectivity index (χ1v) is 14.3. The van der Waals surface area contributed by atoms with Gasteiger partial charge in [0.2, 0.25) is 11.7 Å². The number of esters is 1. The lowest BCUT2D eigenvalue weighted by Gasteiger charge is -2.26. The van der Waals surface area contributed by atoms with Crippen LogP contribution in [0.4, 0.5) is 5.69 Å². The maximum Gasteiger partial charge on any atom is 0.311 e. The number of carbonyl (C=O) groups excluding carboxylic acids is 3. The molecule has 0 bridgehead atoms. The van der Waals surface area contributed by atoms with Gasteiger partial charge in [-0.15, -0.1) is 0 Å². The highest BCUT2D eigenvalue weighted by Crippen LogP contribution is 2.34. The first-order valence-electron chi connectivity index (χ1n) is 13.5. The molecule has 0 saturated carbocycles. The fraction of sp³-hybridized carbons (Fsp3) is 0.206. The number of benzene rings is 4. The van der Waals surface area contributed by atoms with Crippen LogP contribution in [0.1, 0.15) is 41.8 Å². The van der Waals surface area contributed by atoms with Crippen molar-refractivity contribution in [2.75, 3.05) is 18.1 Å². The molecule has 0 N–H and O–H groups in total. The first-order chi connectivity index (χ1) is 20.1. The zero-order valence-electron chi connectivity index (χ0n) is 23.2. The Morgan fingerprint density at radius 3 is 2.12 bits per heavy atom. The number of hydrogen-bond acceptors (Lipinski definition) is 5. The molecule has 0 aromatic heterocycles. The average molecular weight is 603 g/mol. The van der Waals surface area contributed by atoms with E-state index in [1.54, 1.807) is 24.3 Å². The molecule has 0 aliphatic carbocycles. The van der Waals surface area contributed by atoms with Crippen LogP contribution in [-0.2, 0) is 19.7 Å². The number of nitrogens with zero attached hydrogens (tertiary/aromatic N) is 1. The Morgan fingerprint density at radius 2 is 1.48 bits per heavy atom. The van der Waals surface area contributed by atoms with Crippen LogP contribution in [0.25, 0.3) is 0 Å². The lowest BCUT2D eigenvalue weighted by Crippen LogP contribution is -2.27. The number of amides is 1. The molecule has 1 amide bonds. The highest BCUT2D eigenvalue weighted by atomic mass is 35.5. The topological polar surface area (TPSA) is 72.9 Å². The minimum atomic E-state index is -0.680. The van der Waals surface area contributed by atoms with Crippen molar-refractivity contribution < 1.29 is 23.9 Å². The predicted molar refractivity (Wildman–Crippen MR) is 164 cm³/mol. The summed E-state index contributed by atoms with van der Waals surface area (Å²) in [5.41, 5.74) is 3.13. The van der Waals surface area contributed by atoms with Crippen LogP contribution in [0.5, 0.6) is 11.5 Å². The van der Waals surface area contributed by atoms with Crippen molar-refractivity contribution in [3.8, 4) is 11.5 Å². The molecule has 0 radical (unpaired) electrons. The summed E-state index contributed by atoms with van der Waals surface area (Å²) in [6.07, 6.45) is -0.00133. The molecule has 1 aliphatic rings. The van der Waals surface area contributed by atoms with Gasteiger partial charge in [0.25, 0.3) is 0 Å². The van der Waals surface area contributed by atoms with Crippen LogP contribution in [-0.4, -0.2) is 30.8 Å². The third-order valence-electron chi connectivity index (χ3n) is 7.49. The fourth-order valence-electron chi connectivity index (χ4n) is 4.95. The van der Waals surface area contributed by atoms with E-state index in [0.717, 1.165) is 0 Å². The molecular formula is C34H29Cl2NO5. The van der Waals surface area contributed by atoms with Crippen LogP contribution in [0.15, 0.2) is 97.1 Å². The van der Waals surface area contributed by atoms with Crippen molar-refractivity contribution in [2.45, 2.75) is 25.7 Å². The zero-order chi connectivity index (χ0) is 29.9. The van der Waals surface area contributed by atoms with Crippen LogP contribution in [0.3, 0.4) is 0 Å². The van der Waals surface area contributed by atoms with Gasteiger partial charge in [0.1, 0.15) is 11.5 Å². The average Bonchev–Trinajstić information content (AvgIpc) is 3.38. The molecular weight excluding hydrogens is 573 g/mol. The molecule has 6 nitrogen and oxygen atoms in total. The van der Waals surface area contributed by atoms with Crippen molar-refractivity contribution in [1.82, 2.24) is 0 Å². The van der Waals surface area contributed by atoms with E-state index < -0.39 is 24.3 Å². The number of Topliss-reactive ketones (excluding diaryl/α,β-unsaturated/α-hetero) is 1. The Bertz CT molecular complexity index is 1600. The van der Waals surface area contributed by atoms with Gasteiger partial charge >= 0.3 is 5.97 Å². The Balaban J connectivity index is 1.16. The van der Waals surface area contributed by atoms with Gasteiger partial charge in [-0.2, -0.15) is 0 Å². The minimum absolute atomic E-state index is 0.00133. The van der Waals surface area contributed by atoms with Crippen molar-refractivity contribution >= 4 is 46.5 Å². The van der Waals surface area contributed by atoms with E-state index in [4.69, 9.17) is 32.7 Å². The Kier molecular flexibility index (Phi) is 8.66. The SMILES string of the molecule is CC(C)(c1ccccc1)c1ccc(Oc2ccc(N3C[C@H](C(=O)OCC(=O)c4ccc(Cl)cc4Cl)CC3=O)cc2)cc1. The largest absolute Gasteiger partial charge is 0.457 e. The summed E-state index contributed by atoms with van der Waals surface area (Å²) in [5.74, 6) is -0.616. The molecule has 4 aromatic carbocycles. The Hall–Kier alpha value is -4.13. The summed E-state index contributed by atoms with van der Waals surface area (Å²) >= 11 is 11.9. The summed E-state index contributed by atoms with van der Waals surface area (Å²) in [7, 11) is 0. The third kappa shape index (κ3) is 6.51. The number of halogens is 2. The summed E-state index contributed by atoms with van der Waals surface area (Å²) in [6.45, 7) is 4.07. The fourth-order valence-corrected chi connectivity index (χ4v) is 5.47. The standard InChI is InChI=1S/C34H29Cl2NO5/c1-34(2,23-6-4-3-5-7-23)24-8-13-27(14-9-24)42-28-15-11-26(12-16-28)37-20-22(18-32(37)39)33(40)41-21-31(38)29-17-10-25(35)19-30(29)36/h3-17,19,22H,18,20-21H2,1-2H3/t22-/m1/s1. The molecule has 1 aliphatic heterocycles. The van der Waals surface area contributed by atoms with Crippen LogP contribution in [0, 0.1) is 5.92 Å². The number of ketones is 1. The normalized spacial score (nSPS) is 15.0. The van der Waals surface area contributed by atoms with Gasteiger partial charge < -0.3 is 14.4 Å². The number of anilines is 1. The second kappa shape index (κ2) is 12.4. The van der Waals surface area contributed by atoms with E-state index in [0.29, 0.717) is 22.2 Å². The first kappa shape index (κ1) is 29.4. The second-order valence-corrected chi connectivity index (χ2v) is 11.5. The Morgan fingerprint density at radius 1 is 0.857 bits per heavy atom. The van der Waals surface area contributed by atoms with E-state index in [2.05, 4.69) is 38.1 Å². The van der Waals surface area contributed by atoms with Gasteiger partial charge in [-0.05, 0) is 65.7 Å². The van der Waals surface area contributed by atoms with E-state index >= 15 is 0 Å². The number of rotatable bonds is 9. The van der Waals surface area contributed by atoms with E-state index in [1.807, 2.05) is 30.3 Å². The lowest BCUT2D eigenvalue weighted by atomic mass is 9.78. The van der Waals surface area contributed by atoms with Gasteiger partial charge in [0.15, 0.2) is 6.61 Å². The molecule has 5 rings (SSSR count). The molecule has 1 fully saturated rings. The van der Waals surface area contributed by atoms with Crippen molar-refractivity contribution in [1.29, 1.82) is 0 Å². The molecule has 1 heterocycles. The smallest absolute Gasteiger partial charge is 0.311 e. The molecule has 42 heavy (non-hydrogen) atoms. The minimum Gasteiger partial charge on any atom is -0.457 e. The van der Waals surface area contributed by atoms with Crippen LogP contribution >= 0.6 is 23.2 Å². The lowest BCUT2D eigenvalue weighted by molar-refractivity contribution is -0.147. The molecule has 8 heteroatoms. The summed E-state index contributed by atoms with van der Waals surface area (Å²) in [4.78, 5) is 39.3. The molecule has 0 unspecified atom stereocenters. The summed E-state index contributed by atoms with van der Waals surface area (Å²) < 4.78 is 11.3. The molecule has 4 aromatic rings. The Labute approximate surface area is 254 Å². The van der Waals surface area contributed by atoms with E-state index in [9.17, 15) is 14.4 Å². The number of ether oxygens (including phenoxy) is 2. The van der Waals surface area contributed by atoms with Gasteiger partial charge in [-0.1, -0.05) is 79.5 Å². The van der Waals surface area contributed by atoms with Crippen LogP contribution in [0.2, 0.25) is 10.0 Å². The summed E-state index contributed by atoms with van der Waals surface area (Å²) in [5, 5.41) is 0.581. The van der Waals surface area contributed by atoms with Gasteiger partial charge in [-0.25, -0.2) is 0 Å². The van der Waals surface area contributed by atoms with Crippen LogP contribution < -0.4 is 9.64 Å². The maximum absolute atomic E-state index is 12.7. The molecule has 214 valence electrons. The number of hydrogen-bond donors (Lipinski definition) is 0. The second-order valence-electron chi connectivity index (χ2n) is 10.7. The highest BCUT2D eigenvalue weighted by Gasteiger charge is 2.36. The highest BCUT2D eigenvalue weighted by molar-refractivity contribution is 6.36.